The van der Waals surface area contributed by atoms with Crippen LogP contribution in [0.4, 0.5) is 5.95 Å². The standard InChI is InChI=1S/C14H22N6O5.ClH/c1-7(2)9(15)13(23)25-4-8(21)3-24-6-20-5-17-10-11(20)18-14(16)19-12(10)22;/h5,7-9,21H,3-4,6,15H2,1-2H3,(H3,16,18,19,22);1H/t8-,9-;/m0./s1/i1D3,2D3,7D,9D;. The number of aromatic amines is 1. The number of nitrogens with one attached hydrogen (secondary N) is 1. The van der Waals surface area contributed by atoms with Crippen LogP contribution in [-0.2, 0) is 21.0 Å². The summed E-state index contributed by atoms with van der Waals surface area (Å²) in [4.78, 5) is 34.0. The molecule has 12 heteroatoms. The molecule has 0 saturated heterocycles. The number of aromatic nitrogens is 4. The van der Waals surface area contributed by atoms with Crippen molar-refractivity contribution in [3.8, 4) is 0 Å². The average molecular weight is 399 g/mol. The predicted octanol–water partition coefficient (Wildman–Crippen LogP) is -1.01. The molecule has 2 aromatic heterocycles. The number of rotatable bonds is 8. The Hall–Kier alpha value is -2.21. The summed E-state index contributed by atoms with van der Waals surface area (Å²) < 4.78 is 70.7. The summed E-state index contributed by atoms with van der Waals surface area (Å²) in [6, 6.07) is -3.52. The van der Waals surface area contributed by atoms with Crippen LogP contribution in [0.3, 0.4) is 0 Å². The molecule has 0 radical (unpaired) electrons. The third kappa shape index (κ3) is 5.39. The Bertz CT molecular complexity index is 1060. The summed E-state index contributed by atoms with van der Waals surface area (Å²) in [5.74, 6) is -5.69. The number of carbonyl (C=O) groups is 1. The zero-order chi connectivity index (χ0) is 25.4. The Morgan fingerprint density at radius 1 is 1.54 bits per heavy atom. The third-order valence-electron chi connectivity index (χ3n) is 2.93. The fourth-order valence-electron chi connectivity index (χ4n) is 1.75. The maximum atomic E-state index is 12.2. The quantitative estimate of drug-likeness (QED) is 0.406. The lowest BCUT2D eigenvalue weighted by Gasteiger charge is -2.16. The highest BCUT2D eigenvalue weighted by Crippen LogP contribution is 2.07. The van der Waals surface area contributed by atoms with Crippen molar-refractivity contribution in [2.24, 2.45) is 11.6 Å². The molecule has 2 heterocycles. The number of H-pyrrole nitrogens is 1. The first-order chi connectivity index (χ1) is 14.9. The highest BCUT2D eigenvalue weighted by atomic mass is 35.5. The highest BCUT2D eigenvalue weighted by Gasteiger charge is 2.20. The van der Waals surface area contributed by atoms with Crippen LogP contribution in [0.15, 0.2) is 11.1 Å². The van der Waals surface area contributed by atoms with Gasteiger partial charge in [-0.05, 0) is 5.89 Å². The molecule has 2 aromatic rings. The van der Waals surface area contributed by atoms with Crippen LogP contribution >= 0.6 is 12.4 Å². The van der Waals surface area contributed by atoms with Gasteiger partial charge in [-0.1, -0.05) is 13.7 Å². The molecule has 6 N–H and O–H groups in total. The number of hydrogen-bond donors (Lipinski definition) is 4. The van der Waals surface area contributed by atoms with Crippen molar-refractivity contribution in [3.05, 3.63) is 16.7 Å². The minimum atomic E-state index is -3.71. The summed E-state index contributed by atoms with van der Waals surface area (Å²) in [6.45, 7) is -8.81. The average Bonchev–Trinajstić information content (AvgIpc) is 3.06. The molecule has 0 unspecified atom stereocenters. The fourth-order valence-corrected chi connectivity index (χ4v) is 1.75. The summed E-state index contributed by atoms with van der Waals surface area (Å²) >= 11 is 0. The van der Waals surface area contributed by atoms with Crippen LogP contribution in [-0.4, -0.2) is 55.9 Å². The number of halogens is 1. The topological polar surface area (TPSA) is 171 Å². The van der Waals surface area contributed by atoms with E-state index >= 15 is 0 Å². The number of aliphatic hydroxyl groups excluding tert-OH is 1. The van der Waals surface area contributed by atoms with Crippen LogP contribution in [0, 0.1) is 5.89 Å². The molecular weight excluding hydrogens is 368 g/mol. The number of anilines is 1. The summed E-state index contributed by atoms with van der Waals surface area (Å²) in [6.07, 6.45) is -0.263. The molecule has 0 amide bonds. The molecule has 0 aromatic carbocycles. The van der Waals surface area contributed by atoms with Crippen molar-refractivity contribution in [3.63, 3.8) is 0 Å². The monoisotopic (exact) mass is 398 g/mol. The van der Waals surface area contributed by atoms with Gasteiger partial charge in [-0.25, -0.2) is 4.98 Å². The highest BCUT2D eigenvalue weighted by molar-refractivity contribution is 5.85. The van der Waals surface area contributed by atoms with Gasteiger partial charge in [0.1, 0.15) is 25.5 Å². The lowest BCUT2D eigenvalue weighted by Crippen LogP contribution is -2.38. The lowest BCUT2D eigenvalue weighted by atomic mass is 10.1. The number of fused-ring (bicyclic) bond motifs is 1. The second-order valence-electron chi connectivity index (χ2n) is 4.88. The lowest BCUT2D eigenvalue weighted by molar-refractivity contribution is -0.150. The molecule has 146 valence electrons. The fraction of sp³-hybridized carbons (Fsp3) is 0.571. The number of hydrogen-bond acceptors (Lipinski definition) is 9. The van der Waals surface area contributed by atoms with Crippen molar-refractivity contribution < 1.29 is 30.3 Å². The van der Waals surface area contributed by atoms with E-state index in [1.165, 1.54) is 10.9 Å². The zero-order valence-corrected chi connectivity index (χ0v) is 14.1. The van der Waals surface area contributed by atoms with E-state index in [9.17, 15) is 14.7 Å². The molecule has 11 nitrogen and oxygen atoms in total. The summed E-state index contributed by atoms with van der Waals surface area (Å²) in [7, 11) is 0. The number of nitrogens with zero attached hydrogens (tertiary/aromatic N) is 3. The van der Waals surface area contributed by atoms with Gasteiger partial charge in [0.15, 0.2) is 11.2 Å². The second-order valence-corrected chi connectivity index (χ2v) is 4.88. The predicted molar refractivity (Wildman–Crippen MR) is 95.5 cm³/mol. The molecule has 0 spiro atoms. The number of ether oxygens (including phenoxy) is 2. The molecule has 0 aliphatic carbocycles. The van der Waals surface area contributed by atoms with Crippen LogP contribution in [0.1, 0.15) is 24.7 Å². The first kappa shape index (κ1) is 12.2. The van der Waals surface area contributed by atoms with E-state index < -0.39 is 56.5 Å². The Morgan fingerprint density at radius 3 is 2.96 bits per heavy atom. The van der Waals surface area contributed by atoms with Gasteiger partial charge in [0.05, 0.1) is 14.3 Å². The van der Waals surface area contributed by atoms with E-state index in [1.807, 2.05) is 0 Å². The van der Waals surface area contributed by atoms with Gasteiger partial charge in [0, 0.05) is 9.60 Å². The summed E-state index contributed by atoms with van der Waals surface area (Å²) in [5.41, 5.74) is 10.4. The number of carbonyl (C=O) groups excluding carboxylic acids is 1. The number of esters is 1. The molecule has 0 saturated carbocycles. The number of aliphatic hydroxyl groups is 1. The Balaban J connectivity index is 0.00000578. The first-order valence-corrected chi connectivity index (χ1v) is 6.86. The SMILES string of the molecule is Cl.[2H]C([2H])([2H])C([2H])(C([2H])([2H])[2H])[C@]([2H])(N)C(=O)OC[C@@H](O)COCn1cnc2c(=O)[nH]c(N)nc21. The first-order valence-electron chi connectivity index (χ1n) is 10.9. The Labute approximate surface area is 166 Å². The van der Waals surface area contributed by atoms with E-state index in [0.29, 0.717) is 0 Å². The molecular formula is C14H23ClN6O5. The van der Waals surface area contributed by atoms with Gasteiger partial charge in [-0.3, -0.25) is 19.1 Å². The van der Waals surface area contributed by atoms with E-state index in [-0.39, 0.29) is 36.3 Å². The minimum absolute atomic E-state index is 0. The second kappa shape index (κ2) is 9.48. The zero-order valence-electron chi connectivity index (χ0n) is 21.3. The third-order valence-corrected chi connectivity index (χ3v) is 2.93. The maximum absolute atomic E-state index is 12.2. The molecule has 0 aliphatic heterocycles. The van der Waals surface area contributed by atoms with Crippen LogP contribution in [0.2, 0.25) is 0 Å². The summed E-state index contributed by atoms with van der Waals surface area (Å²) in [5, 5.41) is 9.93. The van der Waals surface area contributed by atoms with E-state index in [1.54, 1.807) is 0 Å². The van der Waals surface area contributed by atoms with Gasteiger partial charge in [-0.15, -0.1) is 12.4 Å². The number of imidazole rings is 1. The van der Waals surface area contributed by atoms with Gasteiger partial charge < -0.3 is 26.0 Å². The van der Waals surface area contributed by atoms with Gasteiger partial charge in [-0.2, -0.15) is 4.98 Å². The smallest absolute Gasteiger partial charge is 0.323 e. The van der Waals surface area contributed by atoms with Crippen molar-refractivity contribution in [2.45, 2.75) is 32.6 Å². The van der Waals surface area contributed by atoms with Crippen LogP contribution in [0.25, 0.3) is 11.2 Å². The van der Waals surface area contributed by atoms with E-state index in [2.05, 4.69) is 19.7 Å². The van der Waals surface area contributed by atoms with Crippen molar-refractivity contribution >= 4 is 35.5 Å². The van der Waals surface area contributed by atoms with Crippen molar-refractivity contribution in [1.82, 2.24) is 19.5 Å². The van der Waals surface area contributed by atoms with Crippen LogP contribution < -0.4 is 17.0 Å². The minimum Gasteiger partial charge on any atom is -0.462 e. The van der Waals surface area contributed by atoms with Crippen molar-refractivity contribution in [1.29, 1.82) is 0 Å². The van der Waals surface area contributed by atoms with E-state index in [0.717, 1.165) is 0 Å². The molecule has 0 aliphatic rings. The Morgan fingerprint density at radius 2 is 2.27 bits per heavy atom. The van der Waals surface area contributed by atoms with E-state index in [4.69, 9.17) is 27.2 Å². The van der Waals surface area contributed by atoms with Crippen molar-refractivity contribution in [2.75, 3.05) is 18.9 Å². The molecule has 2 atom stereocenters. The van der Waals surface area contributed by atoms with Gasteiger partial charge >= 0.3 is 5.97 Å². The largest absolute Gasteiger partial charge is 0.462 e. The molecule has 2 rings (SSSR count). The normalized spacial score (nSPS) is 20.5. The Kier molecular flexibility index (Phi) is 4.46. The molecule has 26 heavy (non-hydrogen) atoms. The molecule has 0 bridgehead atoms. The van der Waals surface area contributed by atoms with Gasteiger partial charge in [0.25, 0.3) is 5.56 Å². The van der Waals surface area contributed by atoms with Gasteiger partial charge in [0.2, 0.25) is 5.95 Å². The number of nitrogens with two attached hydrogens (primary N) is 2. The number of nitrogen functional groups attached to an aromatic ring is 1. The maximum Gasteiger partial charge on any atom is 0.323 e. The van der Waals surface area contributed by atoms with Crippen LogP contribution in [0.5, 0.6) is 0 Å². The molecule has 0 fully saturated rings.